The number of thiazole rings is 1. The minimum atomic E-state index is -0.204. The quantitative estimate of drug-likeness (QED) is 0.763. The molecule has 110 valence electrons. The van der Waals surface area contributed by atoms with Gasteiger partial charge in [0.05, 0.1) is 11.4 Å². The molecule has 0 saturated carbocycles. The maximum Gasteiger partial charge on any atom is 0.236 e. The second-order valence-corrected chi connectivity index (χ2v) is 6.53. The molecule has 1 aromatic heterocycles. The topological polar surface area (TPSA) is 83.1 Å². The summed E-state index contributed by atoms with van der Waals surface area (Å²) in [5.41, 5.74) is 0.690. The highest BCUT2D eigenvalue weighted by atomic mass is 32.2. The van der Waals surface area contributed by atoms with Crippen molar-refractivity contribution in [2.24, 2.45) is 0 Å². The molecule has 1 saturated heterocycles. The molecule has 1 aliphatic rings. The van der Waals surface area contributed by atoms with Crippen LogP contribution in [-0.4, -0.2) is 34.1 Å². The van der Waals surface area contributed by atoms with E-state index in [1.54, 1.807) is 0 Å². The van der Waals surface area contributed by atoms with Crippen molar-refractivity contribution >= 4 is 40.0 Å². The smallest absolute Gasteiger partial charge is 0.236 e. The monoisotopic (exact) mass is 314 g/mol. The van der Waals surface area contributed by atoms with E-state index in [0.29, 0.717) is 11.6 Å². The van der Waals surface area contributed by atoms with Crippen LogP contribution >= 0.6 is 23.1 Å². The standard InChI is InChI=1S/C12H18N4O2S2/c1-3-8-4-9(17)15-12(14-8)20-6-10(18)16-11-13-7(2)5-19-11/h5,8,12,14H,3-4,6H2,1-2H3,(H,15,17)(H,13,16,18). The lowest BCUT2D eigenvalue weighted by molar-refractivity contribution is -0.123. The van der Waals surface area contributed by atoms with Gasteiger partial charge in [-0.25, -0.2) is 4.98 Å². The third-order valence-corrected chi connectivity index (χ3v) is 4.74. The number of nitrogens with zero attached hydrogens (tertiary/aromatic N) is 1. The van der Waals surface area contributed by atoms with Crippen LogP contribution in [0.1, 0.15) is 25.5 Å². The second kappa shape index (κ2) is 7.05. The van der Waals surface area contributed by atoms with Gasteiger partial charge in [0.15, 0.2) is 5.13 Å². The molecule has 6 nitrogen and oxygen atoms in total. The lowest BCUT2D eigenvalue weighted by atomic mass is 10.1. The number of amides is 2. The third kappa shape index (κ3) is 4.46. The Labute approximate surface area is 126 Å². The van der Waals surface area contributed by atoms with Gasteiger partial charge < -0.3 is 10.6 Å². The van der Waals surface area contributed by atoms with Crippen LogP contribution in [0, 0.1) is 6.92 Å². The molecule has 2 heterocycles. The van der Waals surface area contributed by atoms with E-state index in [1.807, 2.05) is 19.2 Å². The summed E-state index contributed by atoms with van der Waals surface area (Å²) < 4.78 is 0. The van der Waals surface area contributed by atoms with Gasteiger partial charge in [0.2, 0.25) is 11.8 Å². The van der Waals surface area contributed by atoms with Gasteiger partial charge in [-0.05, 0) is 13.3 Å². The van der Waals surface area contributed by atoms with Gasteiger partial charge in [0.1, 0.15) is 5.50 Å². The molecule has 1 aliphatic heterocycles. The number of hydrogen-bond acceptors (Lipinski definition) is 6. The highest BCUT2D eigenvalue weighted by Crippen LogP contribution is 2.17. The summed E-state index contributed by atoms with van der Waals surface area (Å²) in [4.78, 5) is 27.5. The summed E-state index contributed by atoms with van der Waals surface area (Å²) in [6.45, 7) is 3.92. The average Bonchev–Trinajstić information content (AvgIpc) is 2.81. The molecule has 0 bridgehead atoms. The van der Waals surface area contributed by atoms with E-state index >= 15 is 0 Å². The summed E-state index contributed by atoms with van der Waals surface area (Å²) in [6.07, 6.45) is 1.40. The van der Waals surface area contributed by atoms with Crippen LogP contribution in [0.3, 0.4) is 0 Å². The van der Waals surface area contributed by atoms with Crippen molar-refractivity contribution in [3.05, 3.63) is 11.1 Å². The number of rotatable bonds is 5. The first-order chi connectivity index (χ1) is 9.56. The lowest BCUT2D eigenvalue weighted by Gasteiger charge is -2.30. The SMILES string of the molecule is CCC1CC(=O)NC(SCC(=O)Nc2nc(C)cs2)N1. The first-order valence-corrected chi connectivity index (χ1v) is 8.38. The number of carbonyl (C=O) groups excluding carboxylic acids is 2. The zero-order valence-corrected chi connectivity index (χ0v) is 13.1. The van der Waals surface area contributed by atoms with E-state index in [1.165, 1.54) is 23.1 Å². The molecule has 2 rings (SSSR count). The summed E-state index contributed by atoms with van der Waals surface area (Å²) in [6, 6.07) is 0.186. The summed E-state index contributed by atoms with van der Waals surface area (Å²) in [7, 11) is 0. The molecule has 3 N–H and O–H groups in total. The van der Waals surface area contributed by atoms with Crippen LogP contribution in [0.5, 0.6) is 0 Å². The van der Waals surface area contributed by atoms with Crippen molar-refractivity contribution in [2.75, 3.05) is 11.1 Å². The summed E-state index contributed by atoms with van der Waals surface area (Å²) in [5.74, 6) is 0.190. The fraction of sp³-hybridized carbons (Fsp3) is 0.583. The zero-order chi connectivity index (χ0) is 14.5. The van der Waals surface area contributed by atoms with Crippen molar-refractivity contribution in [1.29, 1.82) is 0 Å². The van der Waals surface area contributed by atoms with Crippen molar-refractivity contribution in [1.82, 2.24) is 15.6 Å². The fourth-order valence-corrected chi connectivity index (χ4v) is 3.42. The first kappa shape index (κ1) is 15.3. The van der Waals surface area contributed by atoms with Gasteiger partial charge in [-0.3, -0.25) is 14.9 Å². The number of aryl methyl sites for hydroxylation is 1. The van der Waals surface area contributed by atoms with Gasteiger partial charge in [-0.1, -0.05) is 6.92 Å². The van der Waals surface area contributed by atoms with E-state index in [9.17, 15) is 9.59 Å². The highest BCUT2D eigenvalue weighted by molar-refractivity contribution is 8.00. The third-order valence-electron chi connectivity index (χ3n) is 2.85. The van der Waals surface area contributed by atoms with Crippen LogP contribution in [0.25, 0.3) is 0 Å². The molecule has 1 fully saturated rings. The number of thioether (sulfide) groups is 1. The zero-order valence-electron chi connectivity index (χ0n) is 11.4. The largest absolute Gasteiger partial charge is 0.332 e. The van der Waals surface area contributed by atoms with E-state index in [-0.39, 0.29) is 29.1 Å². The number of aromatic nitrogens is 1. The van der Waals surface area contributed by atoms with Gasteiger partial charge in [-0.2, -0.15) is 0 Å². The predicted octanol–water partition coefficient (Wildman–Crippen LogP) is 1.29. The van der Waals surface area contributed by atoms with Gasteiger partial charge in [0, 0.05) is 17.8 Å². The molecule has 0 aliphatic carbocycles. The van der Waals surface area contributed by atoms with Crippen molar-refractivity contribution in [3.63, 3.8) is 0 Å². The number of carbonyl (C=O) groups is 2. The Kier molecular flexibility index (Phi) is 5.38. The van der Waals surface area contributed by atoms with Crippen molar-refractivity contribution in [2.45, 2.75) is 38.2 Å². The molecule has 20 heavy (non-hydrogen) atoms. The lowest BCUT2D eigenvalue weighted by Crippen LogP contribution is -2.54. The predicted molar refractivity (Wildman–Crippen MR) is 81.7 cm³/mol. The Bertz CT molecular complexity index is 492. The van der Waals surface area contributed by atoms with Crippen LogP contribution < -0.4 is 16.0 Å². The van der Waals surface area contributed by atoms with Crippen LogP contribution in [-0.2, 0) is 9.59 Å². The molecule has 0 aromatic carbocycles. The van der Waals surface area contributed by atoms with E-state index in [4.69, 9.17) is 0 Å². The van der Waals surface area contributed by atoms with Crippen molar-refractivity contribution in [3.8, 4) is 0 Å². The Hall–Kier alpha value is -1.12. The molecule has 2 atom stereocenters. The van der Waals surface area contributed by atoms with Gasteiger partial charge in [-0.15, -0.1) is 23.1 Å². The molecule has 0 spiro atoms. The average molecular weight is 314 g/mol. The molecule has 8 heteroatoms. The minimum absolute atomic E-state index is 0.0315. The van der Waals surface area contributed by atoms with E-state index in [0.717, 1.165) is 12.1 Å². The van der Waals surface area contributed by atoms with Crippen LogP contribution in [0.2, 0.25) is 0 Å². The molecular weight excluding hydrogens is 296 g/mol. The minimum Gasteiger partial charge on any atom is -0.332 e. The van der Waals surface area contributed by atoms with Crippen LogP contribution in [0.15, 0.2) is 5.38 Å². The molecule has 2 unspecified atom stereocenters. The first-order valence-electron chi connectivity index (χ1n) is 6.46. The van der Waals surface area contributed by atoms with Gasteiger partial charge in [0.25, 0.3) is 0 Å². The number of nitrogens with one attached hydrogen (secondary N) is 3. The van der Waals surface area contributed by atoms with E-state index < -0.39 is 0 Å². The maximum absolute atomic E-state index is 11.8. The Balaban J connectivity index is 1.76. The van der Waals surface area contributed by atoms with E-state index in [2.05, 4.69) is 20.9 Å². The van der Waals surface area contributed by atoms with Gasteiger partial charge >= 0.3 is 0 Å². The van der Waals surface area contributed by atoms with Crippen molar-refractivity contribution < 1.29 is 9.59 Å². The van der Waals surface area contributed by atoms with Crippen LogP contribution in [0.4, 0.5) is 5.13 Å². The Morgan fingerprint density at radius 3 is 3.10 bits per heavy atom. The highest BCUT2D eigenvalue weighted by Gasteiger charge is 2.25. The number of hydrogen-bond donors (Lipinski definition) is 3. The Morgan fingerprint density at radius 1 is 1.65 bits per heavy atom. The maximum atomic E-state index is 11.8. The summed E-state index contributed by atoms with van der Waals surface area (Å²) >= 11 is 2.78. The normalized spacial score (nSPS) is 22.4. The molecule has 2 amide bonds. The molecule has 0 radical (unpaired) electrons. The number of anilines is 1. The molecule has 1 aromatic rings. The molecular formula is C12H18N4O2S2. The second-order valence-electron chi connectivity index (χ2n) is 4.58. The summed E-state index contributed by atoms with van der Waals surface area (Å²) in [5, 5.41) is 11.4. The Morgan fingerprint density at radius 2 is 2.45 bits per heavy atom. The fourth-order valence-electron chi connectivity index (χ4n) is 1.82.